The first-order valence-corrected chi connectivity index (χ1v) is 6.50. The molecule has 0 atom stereocenters. The monoisotopic (exact) mass is 223 g/mol. The summed E-state index contributed by atoms with van der Waals surface area (Å²) in [6, 6.07) is 8.83. The quantitative estimate of drug-likeness (QED) is 0.774. The standard InChI is InChI=1S/C13H21NS/c1-4-15-12-7-5-11(6-8-12)9-10-13(2,3)14/h5-8H,4,9-10,14H2,1-3H3. The zero-order chi connectivity index (χ0) is 11.3. The molecule has 0 heterocycles. The molecule has 2 heteroatoms. The van der Waals surface area contributed by atoms with Crippen LogP contribution in [0.3, 0.4) is 0 Å². The normalized spacial score (nSPS) is 11.7. The summed E-state index contributed by atoms with van der Waals surface area (Å²) in [5.41, 5.74) is 7.28. The van der Waals surface area contributed by atoms with Crippen LogP contribution in [-0.2, 0) is 6.42 Å². The summed E-state index contributed by atoms with van der Waals surface area (Å²) in [5, 5.41) is 0. The highest BCUT2D eigenvalue weighted by Crippen LogP contribution is 2.19. The van der Waals surface area contributed by atoms with Gasteiger partial charge in [0.25, 0.3) is 0 Å². The van der Waals surface area contributed by atoms with Gasteiger partial charge in [0.15, 0.2) is 0 Å². The fraction of sp³-hybridized carbons (Fsp3) is 0.538. The van der Waals surface area contributed by atoms with Crippen LogP contribution < -0.4 is 5.73 Å². The Morgan fingerprint density at radius 1 is 1.20 bits per heavy atom. The molecule has 0 aliphatic rings. The maximum atomic E-state index is 5.96. The van der Waals surface area contributed by atoms with E-state index in [9.17, 15) is 0 Å². The molecule has 0 fully saturated rings. The van der Waals surface area contributed by atoms with Crippen molar-refractivity contribution >= 4 is 11.8 Å². The zero-order valence-electron chi connectivity index (χ0n) is 9.92. The smallest absolute Gasteiger partial charge is 0.0100 e. The first kappa shape index (κ1) is 12.6. The predicted molar refractivity (Wildman–Crippen MR) is 69.4 cm³/mol. The molecule has 0 saturated carbocycles. The Hall–Kier alpha value is -0.470. The maximum Gasteiger partial charge on any atom is 0.0100 e. The molecule has 15 heavy (non-hydrogen) atoms. The van der Waals surface area contributed by atoms with Crippen LogP contribution in [0.2, 0.25) is 0 Å². The molecule has 1 aromatic rings. The summed E-state index contributed by atoms with van der Waals surface area (Å²) in [5.74, 6) is 1.13. The van der Waals surface area contributed by atoms with Gasteiger partial charge in [-0.25, -0.2) is 0 Å². The van der Waals surface area contributed by atoms with Crippen LogP contribution in [0.4, 0.5) is 0 Å². The van der Waals surface area contributed by atoms with E-state index in [4.69, 9.17) is 5.73 Å². The van der Waals surface area contributed by atoms with Crippen LogP contribution in [0.15, 0.2) is 29.2 Å². The molecule has 84 valence electrons. The second-order valence-electron chi connectivity index (χ2n) is 4.57. The van der Waals surface area contributed by atoms with E-state index in [1.165, 1.54) is 10.5 Å². The minimum absolute atomic E-state index is 0.0587. The lowest BCUT2D eigenvalue weighted by Crippen LogP contribution is -2.32. The van der Waals surface area contributed by atoms with Gasteiger partial charge < -0.3 is 5.73 Å². The molecular formula is C13H21NS. The molecular weight excluding hydrogens is 202 g/mol. The van der Waals surface area contributed by atoms with Crippen molar-refractivity contribution in [1.82, 2.24) is 0 Å². The van der Waals surface area contributed by atoms with Crippen LogP contribution >= 0.6 is 11.8 Å². The Kier molecular flexibility index (Phi) is 4.68. The number of aryl methyl sites for hydroxylation is 1. The van der Waals surface area contributed by atoms with Gasteiger partial charge in [-0.15, -0.1) is 11.8 Å². The Labute approximate surface area is 97.4 Å². The molecule has 0 aliphatic carbocycles. The summed E-state index contributed by atoms with van der Waals surface area (Å²) in [4.78, 5) is 1.35. The first-order chi connectivity index (χ1) is 7.01. The van der Waals surface area contributed by atoms with E-state index in [0.717, 1.165) is 18.6 Å². The molecule has 0 amide bonds. The minimum atomic E-state index is -0.0587. The maximum absolute atomic E-state index is 5.96. The highest BCUT2D eigenvalue weighted by atomic mass is 32.2. The van der Waals surface area contributed by atoms with E-state index >= 15 is 0 Å². The van der Waals surface area contributed by atoms with Crippen LogP contribution in [0, 0.1) is 0 Å². The summed E-state index contributed by atoms with van der Waals surface area (Å²) in [6.45, 7) is 6.33. The Balaban J connectivity index is 2.50. The number of nitrogens with two attached hydrogens (primary N) is 1. The third-order valence-electron chi connectivity index (χ3n) is 2.29. The molecule has 0 bridgehead atoms. The third kappa shape index (κ3) is 5.24. The molecule has 2 N–H and O–H groups in total. The van der Waals surface area contributed by atoms with E-state index in [-0.39, 0.29) is 5.54 Å². The van der Waals surface area contributed by atoms with Gasteiger partial charge in [0.1, 0.15) is 0 Å². The number of thioether (sulfide) groups is 1. The largest absolute Gasteiger partial charge is 0.326 e. The SMILES string of the molecule is CCSc1ccc(CCC(C)(C)N)cc1. The molecule has 0 radical (unpaired) electrons. The minimum Gasteiger partial charge on any atom is -0.326 e. The third-order valence-corrected chi connectivity index (χ3v) is 3.19. The number of benzene rings is 1. The van der Waals surface area contributed by atoms with Gasteiger partial charge in [0.2, 0.25) is 0 Å². The van der Waals surface area contributed by atoms with Gasteiger partial charge in [0, 0.05) is 10.4 Å². The van der Waals surface area contributed by atoms with Gasteiger partial charge in [-0.3, -0.25) is 0 Å². The first-order valence-electron chi connectivity index (χ1n) is 5.52. The zero-order valence-corrected chi connectivity index (χ0v) is 10.7. The number of rotatable bonds is 5. The molecule has 1 nitrogen and oxygen atoms in total. The van der Waals surface area contributed by atoms with E-state index in [2.05, 4.69) is 45.0 Å². The summed E-state index contributed by atoms with van der Waals surface area (Å²) < 4.78 is 0. The topological polar surface area (TPSA) is 26.0 Å². The Morgan fingerprint density at radius 2 is 1.80 bits per heavy atom. The van der Waals surface area contributed by atoms with Crippen LogP contribution in [0.5, 0.6) is 0 Å². The van der Waals surface area contributed by atoms with Crippen LogP contribution in [-0.4, -0.2) is 11.3 Å². The van der Waals surface area contributed by atoms with Gasteiger partial charge in [0.05, 0.1) is 0 Å². The van der Waals surface area contributed by atoms with Crippen molar-refractivity contribution in [2.45, 2.75) is 44.0 Å². The van der Waals surface area contributed by atoms with Gasteiger partial charge >= 0.3 is 0 Å². The lowest BCUT2D eigenvalue weighted by atomic mass is 9.97. The highest BCUT2D eigenvalue weighted by Gasteiger charge is 2.09. The summed E-state index contributed by atoms with van der Waals surface area (Å²) >= 11 is 1.88. The molecule has 0 aliphatic heterocycles. The molecule has 1 aromatic carbocycles. The van der Waals surface area contributed by atoms with E-state index in [0.29, 0.717) is 0 Å². The van der Waals surface area contributed by atoms with Crippen molar-refractivity contribution in [3.8, 4) is 0 Å². The Morgan fingerprint density at radius 3 is 2.27 bits per heavy atom. The molecule has 0 saturated heterocycles. The highest BCUT2D eigenvalue weighted by molar-refractivity contribution is 7.99. The Bertz CT molecular complexity index is 284. The lowest BCUT2D eigenvalue weighted by Gasteiger charge is -2.17. The average Bonchev–Trinajstić information content (AvgIpc) is 2.16. The molecule has 0 aromatic heterocycles. The van der Waals surface area contributed by atoms with Crippen molar-refractivity contribution in [1.29, 1.82) is 0 Å². The second kappa shape index (κ2) is 5.57. The van der Waals surface area contributed by atoms with Crippen LogP contribution in [0.1, 0.15) is 32.8 Å². The lowest BCUT2D eigenvalue weighted by molar-refractivity contribution is 0.477. The fourth-order valence-corrected chi connectivity index (χ4v) is 2.05. The van der Waals surface area contributed by atoms with Crippen molar-refractivity contribution < 1.29 is 0 Å². The van der Waals surface area contributed by atoms with Gasteiger partial charge in [-0.2, -0.15) is 0 Å². The molecule has 0 spiro atoms. The van der Waals surface area contributed by atoms with Crippen molar-refractivity contribution in [2.75, 3.05) is 5.75 Å². The number of hydrogen-bond donors (Lipinski definition) is 1. The summed E-state index contributed by atoms with van der Waals surface area (Å²) in [6.07, 6.45) is 2.10. The summed E-state index contributed by atoms with van der Waals surface area (Å²) in [7, 11) is 0. The average molecular weight is 223 g/mol. The van der Waals surface area contributed by atoms with E-state index < -0.39 is 0 Å². The van der Waals surface area contributed by atoms with E-state index in [1.54, 1.807) is 0 Å². The van der Waals surface area contributed by atoms with Gasteiger partial charge in [-0.05, 0) is 50.1 Å². The van der Waals surface area contributed by atoms with Gasteiger partial charge in [-0.1, -0.05) is 19.1 Å². The van der Waals surface area contributed by atoms with Crippen molar-refractivity contribution in [3.63, 3.8) is 0 Å². The molecule has 1 rings (SSSR count). The predicted octanol–water partition coefficient (Wildman–Crippen LogP) is 3.47. The fourth-order valence-electron chi connectivity index (χ4n) is 1.39. The molecule has 0 unspecified atom stereocenters. The number of hydrogen-bond acceptors (Lipinski definition) is 2. The second-order valence-corrected chi connectivity index (χ2v) is 5.90. The van der Waals surface area contributed by atoms with Crippen molar-refractivity contribution in [3.05, 3.63) is 29.8 Å². The van der Waals surface area contributed by atoms with Crippen LogP contribution in [0.25, 0.3) is 0 Å². The van der Waals surface area contributed by atoms with Crippen molar-refractivity contribution in [2.24, 2.45) is 5.73 Å². The van der Waals surface area contributed by atoms with E-state index in [1.807, 2.05) is 11.8 Å².